The number of imidazole rings is 1. The molecule has 0 amide bonds. The van der Waals surface area contributed by atoms with Gasteiger partial charge in [-0.25, -0.2) is 9.97 Å². The molecule has 3 aromatic heterocycles. The Labute approximate surface area is 170 Å². The van der Waals surface area contributed by atoms with Gasteiger partial charge in [-0.1, -0.05) is 31.7 Å². The second kappa shape index (κ2) is 7.76. The summed E-state index contributed by atoms with van der Waals surface area (Å²) in [5.41, 5.74) is 6.72. The number of nitriles is 1. The van der Waals surface area contributed by atoms with Crippen molar-refractivity contribution in [1.29, 1.82) is 5.26 Å². The van der Waals surface area contributed by atoms with Crippen molar-refractivity contribution >= 4 is 17.2 Å². The average Bonchev–Trinajstić information content (AvgIpc) is 3.32. The number of aromatic nitrogens is 4. The van der Waals surface area contributed by atoms with E-state index in [-0.39, 0.29) is 0 Å². The molecular formula is C24H23N5. The van der Waals surface area contributed by atoms with Gasteiger partial charge in [-0.05, 0) is 54.3 Å². The van der Waals surface area contributed by atoms with E-state index < -0.39 is 0 Å². The number of nitrogens with zero attached hydrogens (tertiary/aromatic N) is 5. The molecule has 0 saturated carbocycles. The van der Waals surface area contributed by atoms with Crippen LogP contribution in [0.3, 0.4) is 0 Å². The summed E-state index contributed by atoms with van der Waals surface area (Å²) >= 11 is 0. The van der Waals surface area contributed by atoms with Crippen molar-refractivity contribution < 1.29 is 0 Å². The first-order valence-corrected chi connectivity index (χ1v) is 9.79. The number of rotatable bonds is 6. The molecule has 0 spiro atoms. The lowest BCUT2D eigenvalue weighted by molar-refractivity contribution is 0.716. The van der Waals surface area contributed by atoms with E-state index in [4.69, 9.17) is 4.98 Å². The lowest BCUT2D eigenvalue weighted by Gasteiger charge is -2.10. The summed E-state index contributed by atoms with van der Waals surface area (Å²) in [7, 11) is 0. The highest BCUT2D eigenvalue weighted by atomic mass is 15.1. The molecule has 0 radical (unpaired) electrons. The molecule has 0 N–H and O–H groups in total. The average molecular weight is 381 g/mol. The van der Waals surface area contributed by atoms with Crippen LogP contribution in [0.15, 0.2) is 55.4 Å². The number of aryl methyl sites for hydroxylation is 2. The fraction of sp³-hybridized carbons (Fsp3) is 0.208. The first-order chi connectivity index (χ1) is 14.1. The molecule has 0 aliphatic heterocycles. The van der Waals surface area contributed by atoms with E-state index in [2.05, 4.69) is 48.2 Å². The maximum atomic E-state index is 9.40. The van der Waals surface area contributed by atoms with E-state index in [1.54, 1.807) is 6.08 Å². The second-order valence-electron chi connectivity index (χ2n) is 7.18. The van der Waals surface area contributed by atoms with Gasteiger partial charge in [0.25, 0.3) is 0 Å². The smallest absolute Gasteiger partial charge is 0.160 e. The predicted molar refractivity (Wildman–Crippen MR) is 116 cm³/mol. The van der Waals surface area contributed by atoms with Crippen LogP contribution in [0.2, 0.25) is 0 Å². The Kier molecular flexibility index (Phi) is 5.01. The number of pyridine rings is 1. The van der Waals surface area contributed by atoms with Crippen LogP contribution in [0.1, 0.15) is 41.6 Å². The van der Waals surface area contributed by atoms with Crippen LogP contribution >= 0.6 is 0 Å². The van der Waals surface area contributed by atoms with Crippen LogP contribution in [-0.4, -0.2) is 19.1 Å². The molecule has 1 aromatic carbocycles. The highest BCUT2D eigenvalue weighted by molar-refractivity contribution is 5.75. The minimum absolute atomic E-state index is 0.596. The SMILES string of the molecule is C=Cc1cc(C#N)n(-c2ccc(Cn3c(CCC)nc4c(C)ccnc43)cc2)c1. The summed E-state index contributed by atoms with van der Waals surface area (Å²) in [6.07, 6.45) is 7.49. The molecule has 0 saturated heterocycles. The van der Waals surface area contributed by atoms with Crippen LogP contribution in [0, 0.1) is 18.3 Å². The van der Waals surface area contributed by atoms with Crippen LogP contribution in [0.25, 0.3) is 22.9 Å². The summed E-state index contributed by atoms with van der Waals surface area (Å²) < 4.78 is 4.11. The van der Waals surface area contributed by atoms with E-state index in [0.29, 0.717) is 5.69 Å². The van der Waals surface area contributed by atoms with Crippen LogP contribution < -0.4 is 0 Å². The van der Waals surface area contributed by atoms with Gasteiger partial charge < -0.3 is 9.13 Å². The van der Waals surface area contributed by atoms with Crippen molar-refractivity contribution in [2.75, 3.05) is 0 Å². The zero-order valence-electron chi connectivity index (χ0n) is 16.8. The quantitative estimate of drug-likeness (QED) is 0.470. The van der Waals surface area contributed by atoms with Gasteiger partial charge in [-0.2, -0.15) is 5.26 Å². The first-order valence-electron chi connectivity index (χ1n) is 9.79. The number of hydrogen-bond donors (Lipinski definition) is 0. The highest BCUT2D eigenvalue weighted by Crippen LogP contribution is 2.21. The summed E-state index contributed by atoms with van der Waals surface area (Å²) in [5, 5.41) is 9.40. The molecule has 4 rings (SSSR count). The van der Waals surface area contributed by atoms with Crippen molar-refractivity contribution in [2.24, 2.45) is 0 Å². The van der Waals surface area contributed by atoms with E-state index in [0.717, 1.165) is 53.2 Å². The van der Waals surface area contributed by atoms with Gasteiger partial charge in [0, 0.05) is 24.5 Å². The highest BCUT2D eigenvalue weighted by Gasteiger charge is 2.13. The minimum Gasteiger partial charge on any atom is -0.308 e. The van der Waals surface area contributed by atoms with Gasteiger partial charge in [0.05, 0.1) is 6.54 Å². The van der Waals surface area contributed by atoms with Gasteiger partial charge >= 0.3 is 0 Å². The third kappa shape index (κ3) is 3.45. The van der Waals surface area contributed by atoms with Crippen LogP contribution in [0.4, 0.5) is 0 Å². The summed E-state index contributed by atoms with van der Waals surface area (Å²) in [5.74, 6) is 1.07. The fourth-order valence-electron chi connectivity index (χ4n) is 3.60. The Morgan fingerprint density at radius 3 is 2.69 bits per heavy atom. The molecule has 29 heavy (non-hydrogen) atoms. The maximum Gasteiger partial charge on any atom is 0.160 e. The van der Waals surface area contributed by atoms with Crippen molar-refractivity contribution in [3.63, 3.8) is 0 Å². The monoisotopic (exact) mass is 381 g/mol. The van der Waals surface area contributed by atoms with Crippen molar-refractivity contribution in [1.82, 2.24) is 19.1 Å². The molecule has 0 aliphatic rings. The lowest BCUT2D eigenvalue weighted by Crippen LogP contribution is -2.06. The predicted octanol–water partition coefficient (Wildman–Crippen LogP) is 5.05. The van der Waals surface area contributed by atoms with E-state index in [1.165, 1.54) is 5.56 Å². The molecular weight excluding hydrogens is 358 g/mol. The van der Waals surface area contributed by atoms with Gasteiger partial charge in [-0.15, -0.1) is 0 Å². The Morgan fingerprint density at radius 2 is 2.00 bits per heavy atom. The summed E-state index contributed by atoms with van der Waals surface area (Å²) in [6.45, 7) is 8.75. The molecule has 144 valence electrons. The third-order valence-electron chi connectivity index (χ3n) is 5.13. The summed E-state index contributed by atoms with van der Waals surface area (Å²) in [6, 6.07) is 14.4. The molecule has 5 heteroatoms. The van der Waals surface area contributed by atoms with E-state index >= 15 is 0 Å². The zero-order chi connectivity index (χ0) is 20.4. The minimum atomic E-state index is 0.596. The van der Waals surface area contributed by atoms with E-state index in [9.17, 15) is 5.26 Å². The number of hydrogen-bond acceptors (Lipinski definition) is 3. The maximum absolute atomic E-state index is 9.40. The first kappa shape index (κ1) is 18.7. The third-order valence-corrected chi connectivity index (χ3v) is 5.13. The zero-order valence-corrected chi connectivity index (χ0v) is 16.8. The Hall–Kier alpha value is -3.65. The van der Waals surface area contributed by atoms with Crippen molar-refractivity contribution in [3.05, 3.63) is 83.6 Å². The van der Waals surface area contributed by atoms with Crippen LogP contribution in [-0.2, 0) is 13.0 Å². The standard InChI is InChI=1S/C24H23N5/c1-4-6-22-27-23-17(3)11-12-26-24(23)29(22)16-19-7-9-20(10-8-19)28-15-18(5-2)13-21(28)14-25/h5,7-13,15H,2,4,6,16H2,1,3H3. The van der Waals surface area contributed by atoms with Gasteiger partial charge in [0.1, 0.15) is 23.1 Å². The number of fused-ring (bicyclic) bond motifs is 1. The van der Waals surface area contributed by atoms with Crippen molar-refractivity contribution in [3.8, 4) is 11.8 Å². The molecule has 5 nitrogen and oxygen atoms in total. The Bertz CT molecular complexity index is 1220. The molecule has 0 aliphatic carbocycles. The second-order valence-corrected chi connectivity index (χ2v) is 7.18. The fourth-order valence-corrected chi connectivity index (χ4v) is 3.60. The molecule has 0 fully saturated rings. The summed E-state index contributed by atoms with van der Waals surface area (Å²) in [4.78, 5) is 9.44. The number of benzene rings is 1. The van der Waals surface area contributed by atoms with Gasteiger partial charge in [0.2, 0.25) is 0 Å². The van der Waals surface area contributed by atoms with Gasteiger partial charge in [0.15, 0.2) is 5.65 Å². The molecule has 0 atom stereocenters. The Morgan fingerprint density at radius 1 is 1.21 bits per heavy atom. The molecule has 4 aromatic rings. The molecule has 0 bridgehead atoms. The molecule has 3 heterocycles. The normalized spacial score (nSPS) is 10.9. The lowest BCUT2D eigenvalue weighted by atomic mass is 10.2. The Balaban J connectivity index is 1.69. The largest absolute Gasteiger partial charge is 0.308 e. The topological polar surface area (TPSA) is 59.4 Å². The molecule has 0 unspecified atom stereocenters. The van der Waals surface area contributed by atoms with Crippen LogP contribution in [0.5, 0.6) is 0 Å². The van der Waals surface area contributed by atoms with Crippen molar-refractivity contribution in [2.45, 2.75) is 33.2 Å². The van der Waals surface area contributed by atoms with Gasteiger partial charge in [-0.3, -0.25) is 0 Å². The van der Waals surface area contributed by atoms with E-state index in [1.807, 2.05) is 41.2 Å².